The lowest BCUT2D eigenvalue weighted by Gasteiger charge is -2.48. The molecule has 1 saturated carbocycles. The van der Waals surface area contributed by atoms with Crippen molar-refractivity contribution in [3.63, 3.8) is 0 Å². The number of likely N-dealkylation sites (tertiary alicyclic amines) is 1. The number of carbonyl (C=O) groups excluding carboxylic acids is 1. The highest BCUT2D eigenvalue weighted by Crippen LogP contribution is 2.35. The minimum atomic E-state index is 0.105. The number of benzene rings is 1. The molecule has 5 heteroatoms. The molecule has 1 saturated heterocycles. The molecule has 2 aliphatic heterocycles. The molecule has 1 N–H and O–H groups in total. The average Bonchev–Trinajstić information content (AvgIpc) is 2.73. The molecule has 0 radical (unpaired) electrons. The first-order chi connectivity index (χ1) is 13.3. The van der Waals surface area contributed by atoms with E-state index in [2.05, 4.69) is 10.2 Å². The number of nitrogens with one attached hydrogen (secondary N) is 1. The number of piperidine rings is 1. The molecule has 0 unspecified atom stereocenters. The molecule has 2 fully saturated rings. The molecular formula is C22H32N2O3. The van der Waals surface area contributed by atoms with Gasteiger partial charge in [0.1, 0.15) is 13.2 Å². The monoisotopic (exact) mass is 372 g/mol. The molecule has 5 nitrogen and oxygen atoms in total. The SMILES string of the molecule is O=C(Cc1ccc2c(c1)OCCO2)NCC1(N2CCCCC2)CCCCC1. The summed E-state index contributed by atoms with van der Waals surface area (Å²) < 4.78 is 11.2. The van der Waals surface area contributed by atoms with Gasteiger partial charge in [0.15, 0.2) is 11.5 Å². The molecule has 3 aliphatic rings. The zero-order valence-electron chi connectivity index (χ0n) is 16.3. The van der Waals surface area contributed by atoms with Gasteiger partial charge in [0, 0.05) is 12.1 Å². The molecule has 0 atom stereocenters. The van der Waals surface area contributed by atoms with Crippen molar-refractivity contribution in [2.75, 3.05) is 32.8 Å². The molecule has 4 rings (SSSR count). The Balaban J connectivity index is 1.36. The maximum absolute atomic E-state index is 12.6. The van der Waals surface area contributed by atoms with Gasteiger partial charge in [-0.25, -0.2) is 0 Å². The van der Waals surface area contributed by atoms with Crippen LogP contribution in [0.1, 0.15) is 56.9 Å². The number of rotatable bonds is 5. The molecule has 0 aromatic heterocycles. The summed E-state index contributed by atoms with van der Waals surface area (Å²) in [7, 11) is 0. The molecule has 27 heavy (non-hydrogen) atoms. The van der Waals surface area contributed by atoms with E-state index >= 15 is 0 Å². The van der Waals surface area contributed by atoms with Crippen LogP contribution in [0.4, 0.5) is 0 Å². The van der Waals surface area contributed by atoms with Crippen LogP contribution in [0.5, 0.6) is 11.5 Å². The van der Waals surface area contributed by atoms with E-state index in [9.17, 15) is 4.79 Å². The van der Waals surface area contributed by atoms with Gasteiger partial charge in [-0.3, -0.25) is 9.69 Å². The van der Waals surface area contributed by atoms with E-state index in [1.165, 1.54) is 64.5 Å². The van der Waals surface area contributed by atoms with Crippen LogP contribution in [-0.4, -0.2) is 49.2 Å². The Morgan fingerprint density at radius 1 is 0.963 bits per heavy atom. The van der Waals surface area contributed by atoms with Crippen molar-refractivity contribution in [2.24, 2.45) is 0 Å². The van der Waals surface area contributed by atoms with Gasteiger partial charge in [-0.2, -0.15) is 0 Å². The summed E-state index contributed by atoms with van der Waals surface area (Å²) in [6.45, 7) is 4.33. The number of carbonyl (C=O) groups is 1. The highest BCUT2D eigenvalue weighted by molar-refractivity contribution is 5.78. The number of amides is 1. The maximum atomic E-state index is 12.6. The summed E-state index contributed by atoms with van der Waals surface area (Å²) in [5, 5.41) is 3.27. The zero-order valence-corrected chi connectivity index (χ0v) is 16.3. The minimum Gasteiger partial charge on any atom is -0.486 e. The quantitative estimate of drug-likeness (QED) is 0.862. The largest absolute Gasteiger partial charge is 0.486 e. The molecule has 2 heterocycles. The maximum Gasteiger partial charge on any atom is 0.224 e. The van der Waals surface area contributed by atoms with Crippen LogP contribution in [0.2, 0.25) is 0 Å². The van der Waals surface area contributed by atoms with Crippen LogP contribution >= 0.6 is 0 Å². The van der Waals surface area contributed by atoms with Crippen molar-refractivity contribution >= 4 is 5.91 Å². The van der Waals surface area contributed by atoms with E-state index in [4.69, 9.17) is 9.47 Å². The molecule has 0 bridgehead atoms. The number of ether oxygens (including phenoxy) is 2. The second-order valence-corrected chi connectivity index (χ2v) is 8.26. The van der Waals surface area contributed by atoms with Crippen LogP contribution in [0.25, 0.3) is 0 Å². The van der Waals surface area contributed by atoms with Crippen molar-refractivity contribution in [1.82, 2.24) is 10.2 Å². The third kappa shape index (κ3) is 4.40. The second kappa shape index (κ2) is 8.51. The Labute approximate surface area is 162 Å². The summed E-state index contributed by atoms with van der Waals surface area (Å²) in [4.78, 5) is 15.3. The standard InChI is InChI=1S/C22H32N2O3/c25-21(16-18-7-8-19-20(15-18)27-14-13-26-19)23-17-22(9-3-1-4-10-22)24-11-5-2-6-12-24/h7-8,15H,1-6,9-14,16-17H2,(H,23,25). The Morgan fingerprint density at radius 2 is 1.67 bits per heavy atom. The number of hydrogen-bond donors (Lipinski definition) is 1. The van der Waals surface area contributed by atoms with E-state index in [0.29, 0.717) is 19.6 Å². The smallest absolute Gasteiger partial charge is 0.224 e. The summed E-state index contributed by atoms with van der Waals surface area (Å²) in [5.74, 6) is 1.63. The Bertz CT molecular complexity index is 649. The van der Waals surface area contributed by atoms with E-state index in [1.54, 1.807) is 0 Å². The Kier molecular flexibility index (Phi) is 5.86. The average molecular weight is 373 g/mol. The molecule has 1 aromatic carbocycles. The lowest BCUT2D eigenvalue weighted by Crippen LogP contribution is -2.58. The molecular weight excluding hydrogens is 340 g/mol. The summed E-state index contributed by atoms with van der Waals surface area (Å²) in [6.07, 6.45) is 10.7. The third-order valence-electron chi connectivity index (χ3n) is 6.40. The van der Waals surface area contributed by atoms with E-state index in [1.807, 2.05) is 18.2 Å². The van der Waals surface area contributed by atoms with Crippen molar-refractivity contribution in [1.29, 1.82) is 0 Å². The third-order valence-corrected chi connectivity index (χ3v) is 6.40. The molecule has 148 valence electrons. The van der Waals surface area contributed by atoms with Gasteiger partial charge >= 0.3 is 0 Å². The van der Waals surface area contributed by atoms with Gasteiger partial charge in [0.05, 0.1) is 6.42 Å². The van der Waals surface area contributed by atoms with Gasteiger partial charge in [-0.15, -0.1) is 0 Å². The summed E-state index contributed by atoms with van der Waals surface area (Å²) >= 11 is 0. The Morgan fingerprint density at radius 3 is 2.44 bits per heavy atom. The number of nitrogens with zero attached hydrogens (tertiary/aromatic N) is 1. The molecule has 1 aromatic rings. The van der Waals surface area contributed by atoms with E-state index < -0.39 is 0 Å². The fourth-order valence-electron chi connectivity index (χ4n) is 4.89. The zero-order chi connectivity index (χ0) is 18.5. The summed E-state index contributed by atoms with van der Waals surface area (Å²) in [5.41, 5.74) is 1.16. The molecule has 1 aliphatic carbocycles. The first-order valence-corrected chi connectivity index (χ1v) is 10.7. The highest BCUT2D eigenvalue weighted by Gasteiger charge is 2.38. The summed E-state index contributed by atoms with van der Waals surface area (Å²) in [6, 6.07) is 5.82. The Hall–Kier alpha value is -1.75. The van der Waals surface area contributed by atoms with Crippen molar-refractivity contribution in [2.45, 2.75) is 63.3 Å². The van der Waals surface area contributed by atoms with Crippen LogP contribution in [0.15, 0.2) is 18.2 Å². The van der Waals surface area contributed by atoms with Gasteiger partial charge in [0.25, 0.3) is 0 Å². The fourth-order valence-corrected chi connectivity index (χ4v) is 4.89. The first-order valence-electron chi connectivity index (χ1n) is 10.7. The van der Waals surface area contributed by atoms with Crippen molar-refractivity contribution in [3.05, 3.63) is 23.8 Å². The van der Waals surface area contributed by atoms with Gasteiger partial charge in [0.2, 0.25) is 5.91 Å². The van der Waals surface area contributed by atoms with Crippen molar-refractivity contribution < 1.29 is 14.3 Å². The number of fused-ring (bicyclic) bond motifs is 1. The highest BCUT2D eigenvalue weighted by atomic mass is 16.6. The van der Waals surface area contributed by atoms with Crippen LogP contribution in [-0.2, 0) is 11.2 Å². The minimum absolute atomic E-state index is 0.105. The lowest BCUT2D eigenvalue weighted by molar-refractivity contribution is -0.121. The topological polar surface area (TPSA) is 50.8 Å². The number of hydrogen-bond acceptors (Lipinski definition) is 4. The van der Waals surface area contributed by atoms with Crippen LogP contribution < -0.4 is 14.8 Å². The lowest BCUT2D eigenvalue weighted by atomic mass is 9.79. The van der Waals surface area contributed by atoms with Crippen LogP contribution in [0, 0.1) is 0 Å². The second-order valence-electron chi connectivity index (χ2n) is 8.26. The predicted molar refractivity (Wildman–Crippen MR) is 105 cm³/mol. The predicted octanol–water partition coefficient (Wildman–Crippen LogP) is 3.31. The van der Waals surface area contributed by atoms with Crippen LogP contribution in [0.3, 0.4) is 0 Å². The van der Waals surface area contributed by atoms with E-state index in [-0.39, 0.29) is 11.4 Å². The normalized spacial score (nSPS) is 22.2. The van der Waals surface area contributed by atoms with E-state index in [0.717, 1.165) is 23.6 Å². The molecule has 0 spiro atoms. The van der Waals surface area contributed by atoms with Gasteiger partial charge in [-0.1, -0.05) is 31.7 Å². The fraction of sp³-hybridized carbons (Fsp3) is 0.682. The van der Waals surface area contributed by atoms with Crippen molar-refractivity contribution in [3.8, 4) is 11.5 Å². The first kappa shape index (κ1) is 18.6. The van der Waals surface area contributed by atoms with Gasteiger partial charge in [-0.05, 0) is 56.5 Å². The van der Waals surface area contributed by atoms with Gasteiger partial charge < -0.3 is 14.8 Å². The molecule has 1 amide bonds.